The third kappa shape index (κ3) is 3.64. The minimum absolute atomic E-state index is 0.329. The van der Waals surface area contributed by atoms with Crippen LogP contribution in [0.25, 0.3) is 0 Å². The van der Waals surface area contributed by atoms with Gasteiger partial charge in [0, 0.05) is 21.1 Å². The molecule has 0 saturated heterocycles. The first kappa shape index (κ1) is 13.3. The van der Waals surface area contributed by atoms with Crippen LogP contribution in [0, 0.1) is 0 Å². The third-order valence-corrected chi connectivity index (χ3v) is 3.31. The van der Waals surface area contributed by atoms with Gasteiger partial charge < -0.3 is 10.4 Å². The number of benzene rings is 1. The summed E-state index contributed by atoms with van der Waals surface area (Å²) in [6.07, 6.45) is 1.63. The Morgan fingerprint density at radius 2 is 2.00 bits per heavy atom. The van der Waals surface area contributed by atoms with E-state index >= 15 is 0 Å². The number of carbonyl (C=O) groups is 1. The van der Waals surface area contributed by atoms with Crippen molar-refractivity contribution in [2.24, 2.45) is 0 Å². The highest BCUT2D eigenvalue weighted by molar-refractivity contribution is 9.11. The summed E-state index contributed by atoms with van der Waals surface area (Å²) in [4.78, 5) is 10.6. The summed E-state index contributed by atoms with van der Waals surface area (Å²) in [6, 6.07) is 5.75. The molecule has 2 N–H and O–H groups in total. The summed E-state index contributed by atoms with van der Waals surface area (Å²) in [5, 5.41) is 11.8. The summed E-state index contributed by atoms with van der Waals surface area (Å²) in [5.41, 5.74) is 1.24. The molecule has 1 rings (SSSR count). The molecule has 3 nitrogen and oxygen atoms in total. The molecule has 5 heteroatoms. The third-order valence-electron chi connectivity index (χ3n) is 1.99. The number of carboxylic acid groups (broad SMARTS) is 1. The second-order valence-corrected chi connectivity index (χ2v) is 4.88. The molecule has 86 valence electrons. The molecular formula is C11H11Br2NO2. The van der Waals surface area contributed by atoms with E-state index in [0.29, 0.717) is 12.1 Å². The van der Waals surface area contributed by atoms with Crippen LogP contribution in [0.4, 0.5) is 5.69 Å². The Balaban J connectivity index is 2.69. The molecule has 0 aliphatic rings. The van der Waals surface area contributed by atoms with Crippen molar-refractivity contribution in [3.05, 3.63) is 38.8 Å². The van der Waals surface area contributed by atoms with E-state index in [-0.39, 0.29) is 0 Å². The van der Waals surface area contributed by atoms with E-state index in [4.69, 9.17) is 5.11 Å². The van der Waals surface area contributed by atoms with Gasteiger partial charge in [-0.3, -0.25) is 0 Å². The molecule has 0 aromatic heterocycles. The van der Waals surface area contributed by atoms with Crippen molar-refractivity contribution in [2.45, 2.75) is 6.92 Å². The number of aliphatic carboxylic acids is 1. The molecule has 0 amide bonds. The zero-order chi connectivity index (χ0) is 12.1. The van der Waals surface area contributed by atoms with Crippen molar-refractivity contribution in [1.82, 2.24) is 0 Å². The predicted molar refractivity (Wildman–Crippen MR) is 71.7 cm³/mol. The first-order valence-corrected chi connectivity index (χ1v) is 6.19. The maximum absolute atomic E-state index is 10.6. The molecule has 0 aliphatic heterocycles. The maximum atomic E-state index is 10.6. The Bertz CT molecular complexity index is 410. The molecule has 16 heavy (non-hydrogen) atoms. The van der Waals surface area contributed by atoms with E-state index in [1.54, 1.807) is 13.0 Å². The number of rotatable bonds is 4. The summed E-state index contributed by atoms with van der Waals surface area (Å²) in [7, 11) is 0. The first-order valence-electron chi connectivity index (χ1n) is 4.60. The van der Waals surface area contributed by atoms with Crippen LogP contribution in [0.15, 0.2) is 38.8 Å². The maximum Gasteiger partial charge on any atom is 0.331 e. The van der Waals surface area contributed by atoms with E-state index in [1.165, 1.54) is 0 Å². The Morgan fingerprint density at radius 3 is 2.50 bits per heavy atom. The standard InChI is InChI=1S/C11H11Br2NO2/c1-7(11(15)16)5-6-14-10-8(12)3-2-4-9(10)13/h2-5,14H,6H2,1H3,(H,15,16)/b7-5-. The number of nitrogens with one attached hydrogen (secondary N) is 1. The van der Waals surface area contributed by atoms with Gasteiger partial charge in [0.1, 0.15) is 0 Å². The summed E-state index contributed by atoms with van der Waals surface area (Å²) < 4.78 is 1.87. The van der Waals surface area contributed by atoms with Crippen molar-refractivity contribution in [3.63, 3.8) is 0 Å². The van der Waals surface area contributed by atoms with Gasteiger partial charge in [-0.05, 0) is 50.9 Å². The number of hydrogen-bond acceptors (Lipinski definition) is 2. The molecule has 0 spiro atoms. The lowest BCUT2D eigenvalue weighted by Crippen LogP contribution is -2.03. The summed E-state index contributed by atoms with van der Waals surface area (Å²) in [6.45, 7) is 2.04. The predicted octanol–water partition coefficient (Wildman–Crippen LogP) is 3.65. The van der Waals surface area contributed by atoms with Crippen LogP contribution in [-0.2, 0) is 4.79 Å². The highest BCUT2D eigenvalue weighted by Crippen LogP contribution is 2.30. The van der Waals surface area contributed by atoms with Crippen LogP contribution >= 0.6 is 31.9 Å². The second kappa shape index (κ2) is 6.06. The quantitative estimate of drug-likeness (QED) is 0.816. The average Bonchev–Trinajstić information content (AvgIpc) is 2.22. The van der Waals surface area contributed by atoms with Crippen LogP contribution in [0.3, 0.4) is 0 Å². The van der Waals surface area contributed by atoms with E-state index in [2.05, 4.69) is 37.2 Å². The zero-order valence-corrected chi connectivity index (χ0v) is 11.8. The van der Waals surface area contributed by atoms with E-state index in [0.717, 1.165) is 14.6 Å². The summed E-state index contributed by atoms with van der Waals surface area (Å²) >= 11 is 6.83. The van der Waals surface area contributed by atoms with Crippen molar-refractivity contribution in [2.75, 3.05) is 11.9 Å². The molecule has 1 aromatic carbocycles. The number of halogens is 2. The van der Waals surface area contributed by atoms with Gasteiger partial charge in [-0.25, -0.2) is 4.79 Å². The van der Waals surface area contributed by atoms with Gasteiger partial charge in [-0.2, -0.15) is 0 Å². The average molecular weight is 349 g/mol. The largest absolute Gasteiger partial charge is 0.478 e. The first-order chi connectivity index (χ1) is 7.52. The zero-order valence-electron chi connectivity index (χ0n) is 8.63. The molecule has 0 fully saturated rings. The van der Waals surface area contributed by atoms with Crippen molar-refractivity contribution in [1.29, 1.82) is 0 Å². The van der Waals surface area contributed by atoms with Gasteiger partial charge in [0.25, 0.3) is 0 Å². The lowest BCUT2D eigenvalue weighted by molar-refractivity contribution is -0.132. The molecule has 0 radical (unpaired) electrons. The normalized spacial score (nSPS) is 11.3. The highest BCUT2D eigenvalue weighted by Gasteiger charge is 2.03. The van der Waals surface area contributed by atoms with Gasteiger partial charge in [-0.1, -0.05) is 12.1 Å². The fourth-order valence-electron chi connectivity index (χ4n) is 1.06. The number of anilines is 1. The van der Waals surface area contributed by atoms with Crippen molar-refractivity contribution < 1.29 is 9.90 Å². The number of para-hydroxylation sites is 1. The molecule has 0 bridgehead atoms. The van der Waals surface area contributed by atoms with Gasteiger partial charge in [0.05, 0.1) is 5.69 Å². The van der Waals surface area contributed by atoms with Crippen LogP contribution in [-0.4, -0.2) is 17.6 Å². The minimum atomic E-state index is -0.895. The fourth-order valence-corrected chi connectivity index (χ4v) is 2.34. The monoisotopic (exact) mass is 347 g/mol. The molecule has 1 aromatic rings. The van der Waals surface area contributed by atoms with Crippen molar-refractivity contribution in [3.8, 4) is 0 Å². The smallest absolute Gasteiger partial charge is 0.331 e. The molecule has 0 aliphatic carbocycles. The van der Waals surface area contributed by atoms with Crippen LogP contribution in [0.5, 0.6) is 0 Å². The van der Waals surface area contributed by atoms with Crippen LogP contribution in [0.2, 0.25) is 0 Å². The van der Waals surface area contributed by atoms with Crippen LogP contribution < -0.4 is 5.32 Å². The second-order valence-electron chi connectivity index (χ2n) is 3.17. The molecule has 0 saturated carbocycles. The lowest BCUT2D eigenvalue weighted by atomic mass is 10.3. The van der Waals surface area contributed by atoms with Crippen molar-refractivity contribution >= 4 is 43.5 Å². The number of carboxylic acids is 1. The van der Waals surface area contributed by atoms with Gasteiger partial charge >= 0.3 is 5.97 Å². The Morgan fingerprint density at radius 1 is 1.44 bits per heavy atom. The SMILES string of the molecule is C/C(=C/CNc1c(Br)cccc1Br)C(=O)O. The topological polar surface area (TPSA) is 49.3 Å². The number of hydrogen-bond donors (Lipinski definition) is 2. The fraction of sp³-hybridized carbons (Fsp3) is 0.182. The molecule has 0 heterocycles. The molecule has 0 unspecified atom stereocenters. The van der Waals surface area contributed by atoms with Crippen LogP contribution in [0.1, 0.15) is 6.92 Å². The molecule has 0 atom stereocenters. The van der Waals surface area contributed by atoms with Gasteiger partial charge in [0.15, 0.2) is 0 Å². The lowest BCUT2D eigenvalue weighted by Gasteiger charge is -2.08. The van der Waals surface area contributed by atoms with E-state index in [1.807, 2.05) is 18.2 Å². The van der Waals surface area contributed by atoms with E-state index in [9.17, 15) is 4.79 Å². The highest BCUT2D eigenvalue weighted by atomic mass is 79.9. The molecular weight excluding hydrogens is 338 g/mol. The van der Waals surface area contributed by atoms with Gasteiger partial charge in [-0.15, -0.1) is 0 Å². The Hall–Kier alpha value is -0.810. The summed E-state index contributed by atoms with van der Waals surface area (Å²) in [5.74, 6) is -0.895. The Labute approximate surface area is 111 Å². The minimum Gasteiger partial charge on any atom is -0.478 e. The Kier molecular flexibility index (Phi) is 5.02. The van der Waals surface area contributed by atoms with Gasteiger partial charge in [0.2, 0.25) is 0 Å². The van der Waals surface area contributed by atoms with E-state index < -0.39 is 5.97 Å².